The molecule has 0 radical (unpaired) electrons. The fourth-order valence-electron chi connectivity index (χ4n) is 3.15. The van der Waals surface area contributed by atoms with Gasteiger partial charge >= 0.3 is 0 Å². The van der Waals surface area contributed by atoms with Crippen LogP contribution in [0.4, 0.5) is 0 Å². The van der Waals surface area contributed by atoms with Gasteiger partial charge in [-0.3, -0.25) is 0 Å². The van der Waals surface area contributed by atoms with E-state index < -0.39 is 0 Å². The van der Waals surface area contributed by atoms with Gasteiger partial charge in [0.15, 0.2) is 0 Å². The smallest absolute Gasteiger partial charge is 0.119 e. The molecule has 1 saturated carbocycles. The molecule has 2 rings (SSSR count). The molecule has 1 nitrogen and oxygen atoms in total. The second-order valence-corrected chi connectivity index (χ2v) is 7.07. The molecule has 0 bridgehead atoms. The zero-order valence-corrected chi connectivity index (χ0v) is 13.7. The van der Waals surface area contributed by atoms with Gasteiger partial charge in [-0.1, -0.05) is 41.9 Å². The SMILES string of the molecule is C=C1CCCC(C)(C)[C@@H]1Cc1cc(OC)ccc1Br. The van der Waals surface area contributed by atoms with Gasteiger partial charge in [-0.15, -0.1) is 0 Å². The van der Waals surface area contributed by atoms with E-state index in [1.54, 1.807) is 7.11 Å². The second-order valence-electron chi connectivity index (χ2n) is 6.21. The molecule has 0 aromatic heterocycles. The summed E-state index contributed by atoms with van der Waals surface area (Å²) in [5.74, 6) is 1.49. The Morgan fingerprint density at radius 2 is 2.16 bits per heavy atom. The van der Waals surface area contributed by atoms with Crippen molar-refractivity contribution < 1.29 is 4.74 Å². The highest BCUT2D eigenvalue weighted by molar-refractivity contribution is 9.10. The molecule has 0 unspecified atom stereocenters. The van der Waals surface area contributed by atoms with Crippen LogP contribution in [0.3, 0.4) is 0 Å². The standard InChI is InChI=1S/C17H23BrO/c1-12-6-5-9-17(2,3)15(12)11-13-10-14(19-4)7-8-16(13)18/h7-8,10,15H,1,5-6,9,11H2,2-4H3/t15-/m1/s1. The predicted octanol–water partition coefficient (Wildman–Crippen LogP) is 5.38. The molecule has 0 N–H and O–H groups in total. The number of rotatable bonds is 3. The summed E-state index contributed by atoms with van der Waals surface area (Å²) in [4.78, 5) is 0. The molecule has 1 atom stereocenters. The third-order valence-corrected chi connectivity index (χ3v) is 5.21. The van der Waals surface area contributed by atoms with Crippen LogP contribution >= 0.6 is 15.9 Å². The Labute approximate surface area is 125 Å². The highest BCUT2D eigenvalue weighted by Gasteiger charge is 2.34. The largest absolute Gasteiger partial charge is 0.497 e. The topological polar surface area (TPSA) is 9.23 Å². The third kappa shape index (κ3) is 3.22. The minimum Gasteiger partial charge on any atom is -0.497 e. The molecule has 0 saturated heterocycles. The summed E-state index contributed by atoms with van der Waals surface area (Å²) in [6.45, 7) is 9.06. The molecular weight excluding hydrogens is 300 g/mol. The van der Waals surface area contributed by atoms with Crippen LogP contribution in [0.5, 0.6) is 5.75 Å². The van der Waals surface area contributed by atoms with Crippen molar-refractivity contribution in [2.75, 3.05) is 7.11 Å². The lowest BCUT2D eigenvalue weighted by molar-refractivity contribution is 0.189. The van der Waals surface area contributed by atoms with Gasteiger partial charge in [0.25, 0.3) is 0 Å². The molecule has 1 aromatic rings. The molecule has 0 aliphatic heterocycles. The van der Waals surface area contributed by atoms with Crippen molar-refractivity contribution >= 4 is 15.9 Å². The van der Waals surface area contributed by atoms with E-state index in [4.69, 9.17) is 4.74 Å². The normalized spacial score (nSPS) is 22.3. The number of ether oxygens (including phenoxy) is 1. The number of benzene rings is 1. The fourth-order valence-corrected chi connectivity index (χ4v) is 3.56. The average molecular weight is 323 g/mol. The van der Waals surface area contributed by atoms with Crippen molar-refractivity contribution in [3.8, 4) is 5.75 Å². The molecule has 2 heteroatoms. The Balaban J connectivity index is 2.26. The van der Waals surface area contributed by atoms with Gasteiger partial charge in [0.2, 0.25) is 0 Å². The van der Waals surface area contributed by atoms with Crippen molar-refractivity contribution in [1.29, 1.82) is 0 Å². The van der Waals surface area contributed by atoms with Gasteiger partial charge < -0.3 is 4.74 Å². The molecule has 0 amide bonds. The number of methoxy groups -OCH3 is 1. The van der Waals surface area contributed by atoms with E-state index in [1.807, 2.05) is 6.07 Å². The highest BCUT2D eigenvalue weighted by atomic mass is 79.9. The highest BCUT2D eigenvalue weighted by Crippen LogP contribution is 2.45. The van der Waals surface area contributed by atoms with Crippen LogP contribution in [0.1, 0.15) is 38.7 Å². The Morgan fingerprint density at radius 1 is 1.42 bits per heavy atom. The van der Waals surface area contributed by atoms with E-state index in [0.717, 1.165) is 12.2 Å². The van der Waals surface area contributed by atoms with E-state index in [9.17, 15) is 0 Å². The number of allylic oxidation sites excluding steroid dienone is 1. The minimum atomic E-state index is 0.345. The van der Waals surface area contributed by atoms with E-state index in [1.165, 1.54) is 34.9 Å². The maximum Gasteiger partial charge on any atom is 0.119 e. The maximum atomic E-state index is 5.33. The summed E-state index contributed by atoms with van der Waals surface area (Å²) < 4.78 is 6.50. The van der Waals surface area contributed by atoms with E-state index in [-0.39, 0.29) is 0 Å². The maximum absolute atomic E-state index is 5.33. The average Bonchev–Trinajstić information content (AvgIpc) is 2.35. The fraction of sp³-hybridized carbons (Fsp3) is 0.529. The van der Waals surface area contributed by atoms with Gasteiger partial charge in [-0.2, -0.15) is 0 Å². The van der Waals surface area contributed by atoms with Gasteiger partial charge in [-0.05, 0) is 60.8 Å². The summed E-state index contributed by atoms with van der Waals surface area (Å²) in [7, 11) is 1.72. The Kier molecular flexibility index (Phi) is 4.39. The summed E-state index contributed by atoms with van der Waals surface area (Å²) in [5.41, 5.74) is 3.07. The molecule has 1 aliphatic rings. The van der Waals surface area contributed by atoms with Crippen molar-refractivity contribution in [1.82, 2.24) is 0 Å². The summed E-state index contributed by atoms with van der Waals surface area (Å²) in [6.07, 6.45) is 4.79. The monoisotopic (exact) mass is 322 g/mol. The first-order valence-electron chi connectivity index (χ1n) is 6.94. The van der Waals surface area contributed by atoms with E-state index in [0.29, 0.717) is 11.3 Å². The van der Waals surface area contributed by atoms with Crippen molar-refractivity contribution in [3.63, 3.8) is 0 Å². The Morgan fingerprint density at radius 3 is 2.79 bits per heavy atom. The third-order valence-electron chi connectivity index (χ3n) is 4.43. The van der Waals surface area contributed by atoms with Crippen LogP contribution in [0.25, 0.3) is 0 Å². The molecular formula is C17H23BrO. The van der Waals surface area contributed by atoms with Crippen LogP contribution in [0.15, 0.2) is 34.8 Å². The zero-order valence-electron chi connectivity index (χ0n) is 12.1. The molecule has 1 aromatic carbocycles. The van der Waals surface area contributed by atoms with Crippen LogP contribution in [0.2, 0.25) is 0 Å². The Bertz CT molecular complexity index is 476. The lowest BCUT2D eigenvalue weighted by atomic mass is 9.65. The van der Waals surface area contributed by atoms with E-state index in [2.05, 4.69) is 48.5 Å². The minimum absolute atomic E-state index is 0.345. The first-order valence-corrected chi connectivity index (χ1v) is 7.73. The van der Waals surface area contributed by atoms with Crippen LogP contribution in [0, 0.1) is 11.3 Å². The quantitative estimate of drug-likeness (QED) is 0.678. The van der Waals surface area contributed by atoms with Crippen molar-refractivity contribution in [2.45, 2.75) is 39.5 Å². The summed E-state index contributed by atoms with van der Waals surface area (Å²) in [5, 5.41) is 0. The first-order chi connectivity index (χ1) is 8.94. The molecule has 19 heavy (non-hydrogen) atoms. The van der Waals surface area contributed by atoms with Crippen LogP contribution in [-0.4, -0.2) is 7.11 Å². The van der Waals surface area contributed by atoms with Gasteiger partial charge in [0.05, 0.1) is 7.11 Å². The van der Waals surface area contributed by atoms with E-state index >= 15 is 0 Å². The molecule has 1 aliphatic carbocycles. The Hall–Kier alpha value is -0.760. The summed E-state index contributed by atoms with van der Waals surface area (Å²) in [6, 6.07) is 6.21. The molecule has 0 heterocycles. The first kappa shape index (κ1) is 14.6. The second kappa shape index (κ2) is 5.70. The zero-order chi connectivity index (χ0) is 14.0. The molecule has 1 fully saturated rings. The molecule has 104 valence electrons. The molecule has 0 spiro atoms. The van der Waals surface area contributed by atoms with Crippen molar-refractivity contribution in [2.24, 2.45) is 11.3 Å². The van der Waals surface area contributed by atoms with Crippen LogP contribution in [-0.2, 0) is 6.42 Å². The van der Waals surface area contributed by atoms with Gasteiger partial charge in [-0.25, -0.2) is 0 Å². The predicted molar refractivity (Wildman–Crippen MR) is 84.7 cm³/mol. The number of halogens is 1. The number of hydrogen-bond donors (Lipinski definition) is 0. The summed E-state index contributed by atoms with van der Waals surface area (Å²) >= 11 is 3.66. The lowest BCUT2D eigenvalue weighted by Crippen LogP contribution is -2.31. The number of hydrogen-bond acceptors (Lipinski definition) is 1. The van der Waals surface area contributed by atoms with Gasteiger partial charge in [0, 0.05) is 4.47 Å². The van der Waals surface area contributed by atoms with Crippen molar-refractivity contribution in [3.05, 3.63) is 40.4 Å². The lowest BCUT2D eigenvalue weighted by Gasteiger charge is -2.40. The van der Waals surface area contributed by atoms with Gasteiger partial charge in [0.1, 0.15) is 5.75 Å². The van der Waals surface area contributed by atoms with Crippen LogP contribution < -0.4 is 4.74 Å².